The summed E-state index contributed by atoms with van der Waals surface area (Å²) >= 11 is 0. The van der Waals surface area contributed by atoms with E-state index in [-0.39, 0.29) is 5.56 Å². The molecule has 162 valence electrons. The molecule has 4 aromatic rings. The van der Waals surface area contributed by atoms with Crippen LogP contribution in [0.4, 0.5) is 13.2 Å². The molecule has 4 rings (SSSR count). The highest BCUT2D eigenvalue weighted by molar-refractivity contribution is 7.88. The van der Waals surface area contributed by atoms with Crippen LogP contribution in [-0.2, 0) is 10.1 Å². The fourth-order valence-corrected chi connectivity index (χ4v) is 3.86. The van der Waals surface area contributed by atoms with E-state index in [1.807, 2.05) is 54.6 Å². The summed E-state index contributed by atoms with van der Waals surface area (Å²) in [7, 11) is -5.81. The number of alkyl halides is 3. The van der Waals surface area contributed by atoms with Crippen molar-refractivity contribution in [2.24, 2.45) is 0 Å². The molecule has 0 saturated carbocycles. The monoisotopic (exact) mass is 454 g/mol. The van der Waals surface area contributed by atoms with Gasteiger partial charge in [0.05, 0.1) is 0 Å². The molecule has 0 amide bonds. The first-order valence-electron chi connectivity index (χ1n) is 9.61. The molecule has 3 nitrogen and oxygen atoms in total. The van der Waals surface area contributed by atoms with E-state index < -0.39 is 21.4 Å². The lowest BCUT2D eigenvalue weighted by Gasteiger charge is -2.16. The number of benzene rings is 4. The van der Waals surface area contributed by atoms with Gasteiger partial charge in [-0.25, -0.2) is 0 Å². The van der Waals surface area contributed by atoms with Crippen LogP contribution in [0.1, 0.15) is 0 Å². The Morgan fingerprint density at radius 1 is 0.562 bits per heavy atom. The van der Waals surface area contributed by atoms with Gasteiger partial charge in [0.1, 0.15) is 0 Å². The third kappa shape index (κ3) is 4.38. The van der Waals surface area contributed by atoms with Gasteiger partial charge in [-0.15, -0.1) is 0 Å². The Kier molecular flexibility index (Phi) is 5.76. The number of halogens is 3. The SMILES string of the molecule is O=S(=O)(Oc1ccc(-c2ccccc2-c2ccccc2)cc1-c1ccccc1)C(F)(F)F. The molecule has 0 N–H and O–H groups in total. The summed E-state index contributed by atoms with van der Waals surface area (Å²) in [5.41, 5.74) is -1.30. The maximum Gasteiger partial charge on any atom is 0.534 e. The summed E-state index contributed by atoms with van der Waals surface area (Å²) in [5, 5.41) is 0. The number of hydrogen-bond acceptors (Lipinski definition) is 3. The largest absolute Gasteiger partial charge is 0.534 e. The van der Waals surface area contributed by atoms with Gasteiger partial charge in [-0.1, -0.05) is 91.0 Å². The van der Waals surface area contributed by atoms with Crippen molar-refractivity contribution in [1.82, 2.24) is 0 Å². The Labute approximate surface area is 183 Å². The molecule has 0 heterocycles. The second kappa shape index (κ2) is 8.51. The van der Waals surface area contributed by atoms with Gasteiger partial charge < -0.3 is 4.18 Å². The zero-order valence-electron chi connectivity index (χ0n) is 16.6. The van der Waals surface area contributed by atoms with Crippen LogP contribution in [0, 0.1) is 0 Å². The Balaban J connectivity index is 1.88. The summed E-state index contributed by atoms with van der Waals surface area (Å²) in [6, 6.07) is 30.3. The predicted molar refractivity (Wildman–Crippen MR) is 118 cm³/mol. The molecule has 32 heavy (non-hydrogen) atoms. The first-order valence-corrected chi connectivity index (χ1v) is 11.0. The summed E-state index contributed by atoms with van der Waals surface area (Å²) < 4.78 is 66.6. The zero-order chi connectivity index (χ0) is 22.8. The van der Waals surface area contributed by atoms with Crippen molar-refractivity contribution >= 4 is 10.1 Å². The molecule has 0 saturated heterocycles. The van der Waals surface area contributed by atoms with E-state index >= 15 is 0 Å². The van der Waals surface area contributed by atoms with Gasteiger partial charge >= 0.3 is 15.6 Å². The lowest BCUT2D eigenvalue weighted by atomic mass is 9.92. The highest BCUT2D eigenvalue weighted by Crippen LogP contribution is 2.39. The topological polar surface area (TPSA) is 43.4 Å². The summed E-state index contributed by atoms with van der Waals surface area (Å²) in [6.45, 7) is 0. The quantitative estimate of drug-likeness (QED) is 0.243. The molecule has 7 heteroatoms. The molecule has 0 atom stereocenters. The van der Waals surface area contributed by atoms with Gasteiger partial charge in [0, 0.05) is 5.56 Å². The average Bonchev–Trinajstić information content (AvgIpc) is 2.79. The molecule has 0 radical (unpaired) electrons. The minimum absolute atomic E-state index is 0.235. The number of hydrogen-bond donors (Lipinski definition) is 0. The van der Waals surface area contributed by atoms with E-state index in [1.54, 1.807) is 42.5 Å². The second-order valence-electron chi connectivity index (χ2n) is 6.97. The molecular formula is C25H17F3O3S. The first kappa shape index (κ1) is 21.6. The highest BCUT2D eigenvalue weighted by atomic mass is 32.2. The van der Waals surface area contributed by atoms with E-state index in [0.717, 1.165) is 16.7 Å². The fraction of sp³-hybridized carbons (Fsp3) is 0.0400. The third-order valence-corrected chi connectivity index (χ3v) is 5.84. The highest BCUT2D eigenvalue weighted by Gasteiger charge is 2.48. The molecular weight excluding hydrogens is 437 g/mol. The van der Waals surface area contributed by atoms with Crippen molar-refractivity contribution in [3.05, 3.63) is 103 Å². The van der Waals surface area contributed by atoms with E-state index in [0.29, 0.717) is 11.1 Å². The van der Waals surface area contributed by atoms with Crippen LogP contribution in [0.2, 0.25) is 0 Å². The van der Waals surface area contributed by atoms with Crippen molar-refractivity contribution in [2.75, 3.05) is 0 Å². The molecule has 0 fully saturated rings. The molecule has 0 spiro atoms. The molecule has 0 aliphatic rings. The van der Waals surface area contributed by atoms with Crippen LogP contribution >= 0.6 is 0 Å². The maximum absolute atomic E-state index is 12.9. The standard InChI is InChI=1S/C25H17F3O3S/c26-25(27,28)32(29,30)31-24-16-15-20(17-23(24)19-11-5-2-6-12-19)22-14-8-7-13-21(22)18-9-3-1-4-10-18/h1-17H. The minimum Gasteiger partial charge on any atom is -0.375 e. The molecule has 0 aliphatic heterocycles. The summed E-state index contributed by atoms with van der Waals surface area (Å²) in [6.07, 6.45) is 0. The van der Waals surface area contributed by atoms with E-state index in [2.05, 4.69) is 4.18 Å². The smallest absolute Gasteiger partial charge is 0.375 e. The van der Waals surface area contributed by atoms with Crippen molar-refractivity contribution in [3.8, 4) is 39.1 Å². The molecule has 0 aliphatic carbocycles. The lowest BCUT2D eigenvalue weighted by molar-refractivity contribution is -0.0499. The Morgan fingerprint density at radius 3 is 1.56 bits per heavy atom. The summed E-state index contributed by atoms with van der Waals surface area (Å²) in [5.74, 6) is -0.394. The minimum atomic E-state index is -5.81. The van der Waals surface area contributed by atoms with Crippen LogP contribution in [0.15, 0.2) is 103 Å². The van der Waals surface area contributed by atoms with Crippen molar-refractivity contribution in [2.45, 2.75) is 5.51 Å². The molecule has 0 bridgehead atoms. The van der Waals surface area contributed by atoms with Crippen LogP contribution in [0.3, 0.4) is 0 Å². The van der Waals surface area contributed by atoms with Crippen LogP contribution < -0.4 is 4.18 Å². The fourth-order valence-electron chi connectivity index (χ4n) is 3.38. The van der Waals surface area contributed by atoms with Gasteiger partial charge in [-0.05, 0) is 39.9 Å². The predicted octanol–water partition coefficient (Wildman–Crippen LogP) is 6.92. The second-order valence-corrected chi connectivity index (χ2v) is 8.51. The van der Waals surface area contributed by atoms with Crippen LogP contribution in [0.25, 0.3) is 33.4 Å². The Bertz CT molecular complexity index is 1330. The zero-order valence-corrected chi connectivity index (χ0v) is 17.4. The van der Waals surface area contributed by atoms with Crippen molar-refractivity contribution in [3.63, 3.8) is 0 Å². The van der Waals surface area contributed by atoms with Crippen molar-refractivity contribution in [1.29, 1.82) is 0 Å². The maximum atomic E-state index is 12.9. The normalized spacial score (nSPS) is 11.8. The van der Waals surface area contributed by atoms with Gasteiger partial charge in [0.25, 0.3) is 0 Å². The lowest BCUT2D eigenvalue weighted by Crippen LogP contribution is -2.28. The Morgan fingerprint density at radius 2 is 1.03 bits per heavy atom. The van der Waals surface area contributed by atoms with Crippen LogP contribution in [0.5, 0.6) is 5.75 Å². The van der Waals surface area contributed by atoms with Crippen molar-refractivity contribution < 1.29 is 25.8 Å². The van der Waals surface area contributed by atoms with E-state index in [1.165, 1.54) is 6.07 Å². The van der Waals surface area contributed by atoms with Gasteiger partial charge in [0.15, 0.2) is 5.75 Å². The molecule has 4 aromatic carbocycles. The van der Waals surface area contributed by atoms with Gasteiger partial charge in [0.2, 0.25) is 0 Å². The third-order valence-electron chi connectivity index (χ3n) is 4.87. The van der Waals surface area contributed by atoms with Gasteiger partial charge in [-0.3, -0.25) is 0 Å². The van der Waals surface area contributed by atoms with E-state index in [9.17, 15) is 21.6 Å². The first-order chi connectivity index (χ1) is 15.3. The van der Waals surface area contributed by atoms with E-state index in [4.69, 9.17) is 0 Å². The molecule has 0 unspecified atom stereocenters. The van der Waals surface area contributed by atoms with Gasteiger partial charge in [-0.2, -0.15) is 21.6 Å². The molecule has 0 aromatic heterocycles. The summed E-state index contributed by atoms with van der Waals surface area (Å²) in [4.78, 5) is 0. The Hall–Kier alpha value is -3.58. The number of rotatable bonds is 5. The average molecular weight is 454 g/mol. The van der Waals surface area contributed by atoms with Crippen LogP contribution in [-0.4, -0.2) is 13.9 Å².